The van der Waals surface area contributed by atoms with Crippen molar-refractivity contribution in [2.75, 3.05) is 0 Å². The fraction of sp³-hybridized carbons (Fsp3) is 0. The van der Waals surface area contributed by atoms with Gasteiger partial charge in [-0.3, -0.25) is 0 Å². The molecule has 220 valence electrons. The Bertz CT molecular complexity index is 2480. The Morgan fingerprint density at radius 3 is 1.57 bits per heavy atom. The van der Waals surface area contributed by atoms with Gasteiger partial charge in [-0.1, -0.05) is 133 Å². The topological polar surface area (TPSA) is 51.8 Å². The minimum atomic E-state index is 0.630. The summed E-state index contributed by atoms with van der Waals surface area (Å²) in [7, 11) is 0. The van der Waals surface area contributed by atoms with Crippen LogP contribution in [0.3, 0.4) is 0 Å². The maximum atomic E-state index is 6.23. The Morgan fingerprint density at radius 1 is 0.383 bits per heavy atom. The fourth-order valence-electron chi connectivity index (χ4n) is 6.31. The van der Waals surface area contributed by atoms with Crippen LogP contribution in [0.25, 0.3) is 89.1 Å². The molecule has 0 amide bonds. The molecule has 0 bridgehead atoms. The predicted molar refractivity (Wildman–Crippen MR) is 192 cm³/mol. The second-order valence-electron chi connectivity index (χ2n) is 11.7. The van der Waals surface area contributed by atoms with Gasteiger partial charge in [-0.25, -0.2) is 15.0 Å². The molecule has 0 N–H and O–H groups in total. The van der Waals surface area contributed by atoms with E-state index in [0.717, 1.165) is 77.4 Å². The zero-order chi connectivity index (χ0) is 31.2. The number of hydrogen-bond acceptors (Lipinski definition) is 4. The van der Waals surface area contributed by atoms with E-state index >= 15 is 0 Å². The second kappa shape index (κ2) is 11.2. The molecule has 0 radical (unpaired) electrons. The molecule has 2 heterocycles. The van der Waals surface area contributed by atoms with E-state index in [0.29, 0.717) is 11.7 Å². The van der Waals surface area contributed by atoms with Crippen molar-refractivity contribution in [3.8, 4) is 56.5 Å². The normalized spacial score (nSPS) is 11.4. The highest BCUT2D eigenvalue weighted by molar-refractivity contribution is 6.19. The SMILES string of the molecule is c1ccc(-c2cc(-c3ccccc3)nc(-c3ccc(-c4ccc5ccc6ccc7oc(-c8ccccc8)nc7c6c5c4)cc3)n2)cc1. The van der Waals surface area contributed by atoms with Crippen molar-refractivity contribution in [3.63, 3.8) is 0 Å². The van der Waals surface area contributed by atoms with Gasteiger partial charge < -0.3 is 4.42 Å². The van der Waals surface area contributed by atoms with Crippen LogP contribution in [-0.2, 0) is 0 Å². The van der Waals surface area contributed by atoms with Crippen LogP contribution >= 0.6 is 0 Å². The Kier molecular flexibility index (Phi) is 6.43. The largest absolute Gasteiger partial charge is 0.436 e. The van der Waals surface area contributed by atoms with Gasteiger partial charge in [0.2, 0.25) is 5.89 Å². The van der Waals surface area contributed by atoms with Gasteiger partial charge in [0.25, 0.3) is 0 Å². The van der Waals surface area contributed by atoms with Crippen molar-refractivity contribution < 1.29 is 4.42 Å². The van der Waals surface area contributed by atoms with E-state index in [4.69, 9.17) is 19.4 Å². The molecule has 0 fully saturated rings. The highest BCUT2D eigenvalue weighted by Crippen LogP contribution is 2.37. The van der Waals surface area contributed by atoms with Gasteiger partial charge in [0.15, 0.2) is 11.4 Å². The highest BCUT2D eigenvalue weighted by Gasteiger charge is 2.15. The molecule has 4 nitrogen and oxygen atoms in total. The van der Waals surface area contributed by atoms with Crippen molar-refractivity contribution in [2.45, 2.75) is 0 Å². The van der Waals surface area contributed by atoms with Gasteiger partial charge in [-0.05, 0) is 57.6 Å². The molecule has 9 rings (SSSR count). The molecule has 0 unspecified atom stereocenters. The number of rotatable bonds is 5. The molecule has 7 aromatic carbocycles. The van der Waals surface area contributed by atoms with Gasteiger partial charge in [-0.2, -0.15) is 0 Å². The number of nitrogens with zero attached hydrogens (tertiary/aromatic N) is 3. The molecule has 0 aliphatic carbocycles. The first-order valence-electron chi connectivity index (χ1n) is 15.7. The van der Waals surface area contributed by atoms with E-state index in [1.54, 1.807) is 0 Å². The van der Waals surface area contributed by atoms with Crippen molar-refractivity contribution in [2.24, 2.45) is 0 Å². The van der Waals surface area contributed by atoms with Crippen LogP contribution in [0.15, 0.2) is 168 Å². The first-order chi connectivity index (χ1) is 23.3. The summed E-state index contributed by atoms with van der Waals surface area (Å²) in [5, 5.41) is 4.54. The van der Waals surface area contributed by atoms with Crippen LogP contribution < -0.4 is 0 Å². The Balaban J connectivity index is 1.13. The van der Waals surface area contributed by atoms with Gasteiger partial charge in [-0.15, -0.1) is 0 Å². The minimum absolute atomic E-state index is 0.630. The van der Waals surface area contributed by atoms with Gasteiger partial charge >= 0.3 is 0 Å². The van der Waals surface area contributed by atoms with E-state index in [1.807, 2.05) is 72.8 Å². The number of oxazole rings is 1. The third-order valence-electron chi connectivity index (χ3n) is 8.72. The van der Waals surface area contributed by atoms with E-state index in [1.165, 1.54) is 0 Å². The summed E-state index contributed by atoms with van der Waals surface area (Å²) in [4.78, 5) is 15.0. The summed E-state index contributed by atoms with van der Waals surface area (Å²) in [5.74, 6) is 1.33. The molecular weight excluding hydrogens is 574 g/mol. The molecule has 0 saturated carbocycles. The number of benzene rings is 7. The molecule has 47 heavy (non-hydrogen) atoms. The lowest BCUT2D eigenvalue weighted by atomic mass is 9.96. The Hall–Kier alpha value is -6.39. The lowest BCUT2D eigenvalue weighted by Crippen LogP contribution is -1.95. The minimum Gasteiger partial charge on any atom is -0.436 e. The van der Waals surface area contributed by atoms with Crippen molar-refractivity contribution in [1.29, 1.82) is 0 Å². The van der Waals surface area contributed by atoms with E-state index in [-0.39, 0.29) is 0 Å². The fourth-order valence-corrected chi connectivity index (χ4v) is 6.31. The Morgan fingerprint density at radius 2 is 0.915 bits per heavy atom. The van der Waals surface area contributed by atoms with E-state index in [9.17, 15) is 0 Å². The average molecular weight is 602 g/mol. The summed E-state index contributed by atoms with van der Waals surface area (Å²) < 4.78 is 6.23. The third-order valence-corrected chi connectivity index (χ3v) is 8.72. The molecule has 0 spiro atoms. The summed E-state index contributed by atoms with van der Waals surface area (Å²) in [5.41, 5.74) is 9.76. The van der Waals surface area contributed by atoms with Crippen molar-refractivity contribution in [1.82, 2.24) is 15.0 Å². The van der Waals surface area contributed by atoms with Crippen LogP contribution in [0, 0.1) is 0 Å². The van der Waals surface area contributed by atoms with Crippen LogP contribution in [0.4, 0.5) is 0 Å². The van der Waals surface area contributed by atoms with Crippen molar-refractivity contribution in [3.05, 3.63) is 164 Å². The maximum Gasteiger partial charge on any atom is 0.227 e. The molecule has 0 atom stereocenters. The van der Waals surface area contributed by atoms with Crippen LogP contribution in [0.1, 0.15) is 0 Å². The summed E-state index contributed by atoms with van der Waals surface area (Å²) in [6.45, 7) is 0. The quantitative estimate of drug-likeness (QED) is 0.184. The van der Waals surface area contributed by atoms with Crippen LogP contribution in [0.5, 0.6) is 0 Å². The first-order valence-corrected chi connectivity index (χ1v) is 15.7. The zero-order valence-corrected chi connectivity index (χ0v) is 25.3. The monoisotopic (exact) mass is 601 g/mol. The van der Waals surface area contributed by atoms with Gasteiger partial charge in [0.1, 0.15) is 5.52 Å². The lowest BCUT2D eigenvalue weighted by Gasteiger charge is -2.11. The molecule has 2 aromatic heterocycles. The van der Waals surface area contributed by atoms with Gasteiger partial charge in [0.05, 0.1) is 11.4 Å². The standard InChI is InChI=1S/C43H27N3O/c1-4-10-30(11-5-1)37-27-38(31-12-6-2-7-13-31)45-42(44-37)33-21-16-28(17-22-33)35-23-19-29-18-20-32-24-25-39-41(40(32)36(29)26-35)46-43(47-39)34-14-8-3-9-15-34/h1-27H. The molecular formula is C43H27N3O. The first kappa shape index (κ1) is 27.0. The third kappa shape index (κ3) is 4.93. The van der Waals surface area contributed by atoms with Crippen LogP contribution in [-0.4, -0.2) is 15.0 Å². The molecule has 0 saturated heterocycles. The van der Waals surface area contributed by atoms with Gasteiger partial charge in [0, 0.05) is 27.6 Å². The molecule has 0 aliphatic heterocycles. The summed E-state index contributed by atoms with van der Waals surface area (Å²) in [6, 6.07) is 56.3. The van der Waals surface area contributed by atoms with Crippen LogP contribution in [0.2, 0.25) is 0 Å². The lowest BCUT2D eigenvalue weighted by molar-refractivity contribution is 0.620. The summed E-state index contributed by atoms with van der Waals surface area (Å²) in [6.07, 6.45) is 0. The molecule has 4 heteroatoms. The molecule has 9 aromatic rings. The zero-order valence-electron chi connectivity index (χ0n) is 25.3. The maximum absolute atomic E-state index is 6.23. The van der Waals surface area contributed by atoms with E-state index in [2.05, 4.69) is 91.0 Å². The number of hydrogen-bond donors (Lipinski definition) is 0. The number of aromatic nitrogens is 3. The highest BCUT2D eigenvalue weighted by atomic mass is 16.3. The van der Waals surface area contributed by atoms with Crippen molar-refractivity contribution >= 4 is 32.6 Å². The second-order valence-corrected chi connectivity index (χ2v) is 11.7. The summed E-state index contributed by atoms with van der Waals surface area (Å²) >= 11 is 0. The number of fused-ring (bicyclic) bond motifs is 5. The van der Waals surface area contributed by atoms with E-state index < -0.39 is 0 Å². The smallest absolute Gasteiger partial charge is 0.227 e. The average Bonchev–Trinajstić information content (AvgIpc) is 3.60. The predicted octanol–water partition coefficient (Wildman–Crippen LogP) is 11.3. The molecule has 0 aliphatic rings. The Labute approximate surface area is 271 Å².